The van der Waals surface area contributed by atoms with E-state index in [0.29, 0.717) is 30.6 Å². The summed E-state index contributed by atoms with van der Waals surface area (Å²) in [5, 5.41) is 11.4. The molecule has 1 aliphatic heterocycles. The Kier molecular flexibility index (Phi) is 2.80. The van der Waals surface area contributed by atoms with Gasteiger partial charge in [0.05, 0.1) is 5.92 Å². The molecule has 0 saturated carbocycles. The number of nitriles is 1. The number of amides is 1. The SMILES string of the molecule is N#CN1CCC(C(=O)Nc2nc3ccccc3o2)C1. The number of rotatable bonds is 2. The maximum atomic E-state index is 12.0. The average molecular weight is 256 g/mol. The highest BCUT2D eigenvalue weighted by atomic mass is 16.4. The van der Waals surface area contributed by atoms with Crippen LogP contribution in [0.5, 0.6) is 0 Å². The molecule has 3 rings (SSSR count). The number of fused-ring (bicyclic) bond motifs is 1. The molecule has 0 bridgehead atoms. The molecule has 1 saturated heterocycles. The van der Waals surface area contributed by atoms with Gasteiger partial charge in [0.1, 0.15) is 5.52 Å². The van der Waals surface area contributed by atoms with Crippen LogP contribution < -0.4 is 5.32 Å². The Morgan fingerprint density at radius 1 is 1.53 bits per heavy atom. The topological polar surface area (TPSA) is 82.2 Å². The Hall–Kier alpha value is -2.55. The molecule has 1 fully saturated rings. The molecule has 2 aromatic rings. The summed E-state index contributed by atoms with van der Waals surface area (Å²) < 4.78 is 5.43. The van der Waals surface area contributed by atoms with Gasteiger partial charge in [0.25, 0.3) is 0 Å². The van der Waals surface area contributed by atoms with Gasteiger partial charge in [0.15, 0.2) is 11.8 Å². The van der Waals surface area contributed by atoms with Crippen molar-refractivity contribution in [3.63, 3.8) is 0 Å². The molecule has 1 aromatic carbocycles. The molecule has 96 valence electrons. The van der Waals surface area contributed by atoms with E-state index in [1.165, 1.54) is 0 Å². The van der Waals surface area contributed by atoms with E-state index in [1.54, 1.807) is 11.0 Å². The Labute approximate surface area is 109 Å². The number of nitrogens with zero attached hydrogens (tertiary/aromatic N) is 3. The molecule has 1 aromatic heterocycles. The van der Waals surface area contributed by atoms with Crippen LogP contribution in [0, 0.1) is 17.4 Å². The molecule has 1 amide bonds. The zero-order valence-electron chi connectivity index (χ0n) is 10.2. The van der Waals surface area contributed by atoms with Crippen LogP contribution in [0.15, 0.2) is 28.7 Å². The number of hydrogen-bond acceptors (Lipinski definition) is 5. The van der Waals surface area contributed by atoms with Crippen molar-refractivity contribution in [2.75, 3.05) is 18.4 Å². The Bertz CT molecular complexity index is 625. The summed E-state index contributed by atoms with van der Waals surface area (Å²) in [6, 6.07) is 7.53. The first-order valence-electron chi connectivity index (χ1n) is 6.07. The Morgan fingerprint density at radius 2 is 2.37 bits per heavy atom. The molecule has 1 aliphatic rings. The van der Waals surface area contributed by atoms with Crippen LogP contribution in [-0.2, 0) is 4.79 Å². The molecule has 1 unspecified atom stereocenters. The van der Waals surface area contributed by atoms with Gasteiger partial charge >= 0.3 is 6.01 Å². The first-order valence-corrected chi connectivity index (χ1v) is 6.07. The van der Waals surface area contributed by atoms with Crippen LogP contribution in [0.1, 0.15) is 6.42 Å². The molecule has 2 heterocycles. The minimum absolute atomic E-state index is 0.149. The van der Waals surface area contributed by atoms with E-state index >= 15 is 0 Å². The van der Waals surface area contributed by atoms with Gasteiger partial charge in [0, 0.05) is 13.1 Å². The zero-order valence-corrected chi connectivity index (χ0v) is 10.2. The predicted molar refractivity (Wildman–Crippen MR) is 67.9 cm³/mol. The molecular formula is C13H12N4O2. The first-order chi connectivity index (χ1) is 9.26. The number of aromatic nitrogens is 1. The molecule has 0 aliphatic carbocycles. The Balaban J connectivity index is 1.71. The molecule has 19 heavy (non-hydrogen) atoms. The van der Waals surface area contributed by atoms with Crippen molar-refractivity contribution < 1.29 is 9.21 Å². The van der Waals surface area contributed by atoms with Gasteiger partial charge in [-0.1, -0.05) is 12.1 Å². The number of carbonyl (C=O) groups is 1. The summed E-state index contributed by atoms with van der Waals surface area (Å²) >= 11 is 0. The fraction of sp³-hybridized carbons (Fsp3) is 0.308. The number of oxazole rings is 1. The van der Waals surface area contributed by atoms with E-state index < -0.39 is 0 Å². The van der Waals surface area contributed by atoms with Gasteiger partial charge in [0.2, 0.25) is 5.91 Å². The molecule has 0 spiro atoms. The molecule has 0 radical (unpaired) electrons. The van der Waals surface area contributed by atoms with E-state index in [2.05, 4.69) is 10.3 Å². The van der Waals surface area contributed by atoms with Crippen molar-refractivity contribution >= 4 is 23.0 Å². The van der Waals surface area contributed by atoms with Gasteiger partial charge in [-0.15, -0.1) is 0 Å². The standard InChI is InChI=1S/C13H12N4O2/c14-8-17-6-5-9(7-17)12(18)16-13-15-10-3-1-2-4-11(10)19-13/h1-4,9H,5-7H2,(H,15,16,18). The second kappa shape index (κ2) is 4.61. The lowest BCUT2D eigenvalue weighted by Crippen LogP contribution is -2.25. The van der Waals surface area contributed by atoms with Crippen molar-refractivity contribution in [1.29, 1.82) is 5.26 Å². The normalized spacial score (nSPS) is 18.5. The van der Waals surface area contributed by atoms with Gasteiger partial charge in [-0.25, -0.2) is 0 Å². The van der Waals surface area contributed by atoms with Crippen LogP contribution in [0.2, 0.25) is 0 Å². The monoisotopic (exact) mass is 256 g/mol. The first kappa shape index (κ1) is 11.5. The number of carbonyl (C=O) groups excluding carboxylic acids is 1. The van der Waals surface area contributed by atoms with Crippen molar-refractivity contribution in [2.45, 2.75) is 6.42 Å². The molecule has 6 nitrogen and oxygen atoms in total. The minimum atomic E-state index is -0.185. The molecule has 1 atom stereocenters. The minimum Gasteiger partial charge on any atom is -0.423 e. The van der Waals surface area contributed by atoms with E-state index in [0.717, 1.165) is 0 Å². The number of benzene rings is 1. The van der Waals surface area contributed by atoms with E-state index in [1.807, 2.05) is 24.4 Å². The summed E-state index contributed by atoms with van der Waals surface area (Å²) in [4.78, 5) is 17.8. The van der Waals surface area contributed by atoms with Gasteiger partial charge in [-0.3, -0.25) is 10.1 Å². The average Bonchev–Trinajstić information content (AvgIpc) is 3.04. The highest BCUT2D eigenvalue weighted by Crippen LogP contribution is 2.21. The lowest BCUT2D eigenvalue weighted by molar-refractivity contribution is -0.119. The van der Waals surface area contributed by atoms with Gasteiger partial charge in [-0.05, 0) is 18.6 Å². The second-order valence-electron chi connectivity index (χ2n) is 4.51. The quantitative estimate of drug-likeness (QED) is 0.825. The molecule has 6 heteroatoms. The molecule has 1 N–H and O–H groups in total. The van der Waals surface area contributed by atoms with Crippen LogP contribution in [0.25, 0.3) is 11.1 Å². The second-order valence-corrected chi connectivity index (χ2v) is 4.51. The van der Waals surface area contributed by atoms with Crippen molar-refractivity contribution in [3.05, 3.63) is 24.3 Å². The fourth-order valence-corrected chi connectivity index (χ4v) is 2.20. The third-order valence-corrected chi connectivity index (χ3v) is 3.22. The maximum Gasteiger partial charge on any atom is 0.302 e. The number of hydrogen-bond donors (Lipinski definition) is 1. The van der Waals surface area contributed by atoms with Crippen molar-refractivity contribution in [1.82, 2.24) is 9.88 Å². The number of likely N-dealkylation sites (tertiary alicyclic amines) is 1. The van der Waals surface area contributed by atoms with E-state index in [4.69, 9.17) is 9.68 Å². The number of nitrogens with one attached hydrogen (secondary N) is 1. The van der Waals surface area contributed by atoms with Crippen LogP contribution in [-0.4, -0.2) is 28.9 Å². The van der Waals surface area contributed by atoms with Crippen LogP contribution in [0.3, 0.4) is 0 Å². The number of para-hydroxylation sites is 2. The summed E-state index contributed by atoms with van der Waals surface area (Å²) in [7, 11) is 0. The lowest BCUT2D eigenvalue weighted by Gasteiger charge is -2.07. The van der Waals surface area contributed by atoms with Gasteiger partial charge in [-0.2, -0.15) is 10.2 Å². The van der Waals surface area contributed by atoms with Crippen molar-refractivity contribution in [2.24, 2.45) is 5.92 Å². The van der Waals surface area contributed by atoms with Gasteiger partial charge < -0.3 is 9.32 Å². The summed E-state index contributed by atoms with van der Waals surface area (Å²) in [5.74, 6) is -0.334. The van der Waals surface area contributed by atoms with Crippen molar-refractivity contribution in [3.8, 4) is 6.19 Å². The van der Waals surface area contributed by atoms with E-state index in [-0.39, 0.29) is 17.8 Å². The predicted octanol–water partition coefficient (Wildman–Crippen LogP) is 1.57. The summed E-state index contributed by atoms with van der Waals surface area (Å²) in [5.41, 5.74) is 1.35. The zero-order chi connectivity index (χ0) is 13.2. The fourth-order valence-electron chi connectivity index (χ4n) is 2.20. The number of anilines is 1. The van der Waals surface area contributed by atoms with Crippen LogP contribution >= 0.6 is 0 Å². The highest BCUT2D eigenvalue weighted by Gasteiger charge is 2.28. The van der Waals surface area contributed by atoms with Crippen LogP contribution in [0.4, 0.5) is 6.01 Å². The van der Waals surface area contributed by atoms with E-state index in [9.17, 15) is 4.79 Å². The Morgan fingerprint density at radius 3 is 3.11 bits per heavy atom. The summed E-state index contributed by atoms with van der Waals surface area (Å²) in [6.45, 7) is 1.09. The third-order valence-electron chi connectivity index (χ3n) is 3.22. The largest absolute Gasteiger partial charge is 0.423 e. The lowest BCUT2D eigenvalue weighted by atomic mass is 10.1. The maximum absolute atomic E-state index is 12.0. The highest BCUT2D eigenvalue weighted by molar-refractivity contribution is 5.92. The smallest absolute Gasteiger partial charge is 0.302 e. The summed E-state index contributed by atoms with van der Waals surface area (Å²) in [6.07, 6.45) is 2.73. The third kappa shape index (κ3) is 2.22. The molecular weight excluding hydrogens is 244 g/mol.